The van der Waals surface area contributed by atoms with E-state index in [0.29, 0.717) is 0 Å². The van der Waals surface area contributed by atoms with Gasteiger partial charge >= 0.3 is 0 Å². The van der Waals surface area contributed by atoms with E-state index in [1.807, 2.05) is 37.4 Å². The van der Waals surface area contributed by atoms with E-state index in [2.05, 4.69) is 34.5 Å². The molecule has 4 heteroatoms. The molecule has 96 valence electrons. The third-order valence-electron chi connectivity index (χ3n) is 3.23. The fourth-order valence-corrected chi connectivity index (χ4v) is 2.22. The minimum Gasteiger partial charge on any atom is -0.313 e. The molecule has 0 amide bonds. The van der Waals surface area contributed by atoms with Crippen molar-refractivity contribution in [3.8, 4) is 0 Å². The summed E-state index contributed by atoms with van der Waals surface area (Å²) in [5.41, 5.74) is 3.73. The Morgan fingerprint density at radius 1 is 1.39 bits per heavy atom. The van der Waals surface area contributed by atoms with Gasteiger partial charge in [-0.15, -0.1) is 0 Å². The molecule has 0 saturated carbocycles. The van der Waals surface area contributed by atoms with Crippen molar-refractivity contribution in [2.45, 2.75) is 25.8 Å². The van der Waals surface area contributed by atoms with Crippen LogP contribution in [0.4, 0.5) is 0 Å². The van der Waals surface area contributed by atoms with Crippen LogP contribution in [0.25, 0.3) is 0 Å². The van der Waals surface area contributed by atoms with Crippen molar-refractivity contribution in [1.29, 1.82) is 0 Å². The van der Waals surface area contributed by atoms with Crippen molar-refractivity contribution < 1.29 is 0 Å². The van der Waals surface area contributed by atoms with Crippen LogP contribution in [0.5, 0.6) is 0 Å². The van der Waals surface area contributed by atoms with Gasteiger partial charge < -0.3 is 5.32 Å². The highest BCUT2D eigenvalue weighted by molar-refractivity contribution is 5.28. The number of nitrogens with zero attached hydrogens (tertiary/aromatic N) is 3. The maximum absolute atomic E-state index is 4.44. The molecule has 2 aromatic rings. The van der Waals surface area contributed by atoms with Crippen molar-refractivity contribution in [2.75, 3.05) is 7.05 Å². The highest BCUT2D eigenvalue weighted by atomic mass is 15.2. The third kappa shape index (κ3) is 2.76. The molecular weight excluding hydrogens is 224 g/mol. The first kappa shape index (κ1) is 12.8. The number of hydrogen-bond donors (Lipinski definition) is 1. The molecule has 1 N–H and O–H groups in total. The summed E-state index contributed by atoms with van der Waals surface area (Å²) in [5.74, 6) is 0. The second-order valence-corrected chi connectivity index (χ2v) is 4.45. The smallest absolute Gasteiger partial charge is 0.0643 e. The van der Waals surface area contributed by atoms with Gasteiger partial charge in [0.1, 0.15) is 0 Å². The van der Waals surface area contributed by atoms with Crippen molar-refractivity contribution in [3.63, 3.8) is 0 Å². The Bertz CT molecular complexity index is 504. The molecule has 4 nitrogen and oxygen atoms in total. The topological polar surface area (TPSA) is 42.7 Å². The van der Waals surface area contributed by atoms with Crippen molar-refractivity contribution >= 4 is 0 Å². The lowest BCUT2D eigenvalue weighted by atomic mass is 9.97. The number of aryl methyl sites for hydroxylation is 2. The molecule has 1 atom stereocenters. The zero-order chi connectivity index (χ0) is 13.0. The Hall–Kier alpha value is -1.68. The number of pyridine rings is 1. The summed E-state index contributed by atoms with van der Waals surface area (Å²) < 4.78 is 1.84. The van der Waals surface area contributed by atoms with Crippen LogP contribution in [0, 0.1) is 0 Å². The summed E-state index contributed by atoms with van der Waals surface area (Å²) in [6.45, 7) is 2.16. The van der Waals surface area contributed by atoms with E-state index in [-0.39, 0.29) is 6.04 Å². The number of nitrogens with one attached hydrogen (secondary N) is 1. The van der Waals surface area contributed by atoms with Gasteiger partial charge in [-0.1, -0.05) is 6.92 Å². The summed E-state index contributed by atoms with van der Waals surface area (Å²) in [4.78, 5) is 4.20. The molecule has 2 aromatic heterocycles. The van der Waals surface area contributed by atoms with Gasteiger partial charge in [-0.3, -0.25) is 9.67 Å². The average Bonchev–Trinajstić information content (AvgIpc) is 2.81. The molecular formula is C14H20N4. The van der Waals surface area contributed by atoms with Crippen molar-refractivity contribution in [1.82, 2.24) is 20.1 Å². The zero-order valence-electron chi connectivity index (χ0n) is 11.2. The molecule has 0 spiro atoms. The maximum Gasteiger partial charge on any atom is 0.0643 e. The third-order valence-corrected chi connectivity index (χ3v) is 3.23. The fraction of sp³-hybridized carbons (Fsp3) is 0.429. The lowest BCUT2D eigenvalue weighted by Gasteiger charge is -2.18. The Balaban J connectivity index is 2.22. The Kier molecular flexibility index (Phi) is 4.10. The molecule has 0 aliphatic rings. The van der Waals surface area contributed by atoms with Crippen molar-refractivity contribution in [3.05, 3.63) is 47.5 Å². The van der Waals surface area contributed by atoms with Gasteiger partial charge in [0.15, 0.2) is 0 Å². The second-order valence-electron chi connectivity index (χ2n) is 4.45. The van der Waals surface area contributed by atoms with Crippen molar-refractivity contribution in [2.24, 2.45) is 7.05 Å². The molecule has 0 radical (unpaired) electrons. The van der Waals surface area contributed by atoms with Gasteiger partial charge in [-0.2, -0.15) is 5.10 Å². The summed E-state index contributed by atoms with van der Waals surface area (Å²) in [7, 11) is 3.94. The number of hydrogen-bond acceptors (Lipinski definition) is 3. The Morgan fingerprint density at radius 3 is 2.83 bits per heavy atom. The summed E-state index contributed by atoms with van der Waals surface area (Å²) in [5, 5.41) is 7.81. The SMILES string of the molecule is CCc1cnccc1C(Cc1ccn(C)n1)NC. The predicted molar refractivity (Wildman–Crippen MR) is 72.3 cm³/mol. The molecule has 0 aliphatic carbocycles. The quantitative estimate of drug-likeness (QED) is 0.873. The molecule has 0 aliphatic heterocycles. The fourth-order valence-electron chi connectivity index (χ4n) is 2.22. The molecule has 2 heterocycles. The van der Waals surface area contributed by atoms with Gasteiger partial charge in [-0.25, -0.2) is 0 Å². The molecule has 0 saturated heterocycles. The lowest BCUT2D eigenvalue weighted by Crippen LogP contribution is -2.20. The molecule has 0 fully saturated rings. The summed E-state index contributed by atoms with van der Waals surface area (Å²) in [6, 6.07) is 4.46. The minimum atomic E-state index is 0.290. The van der Waals surface area contributed by atoms with Crippen LogP contribution in [0.1, 0.15) is 29.8 Å². The number of rotatable bonds is 5. The van der Waals surface area contributed by atoms with E-state index >= 15 is 0 Å². The van der Waals surface area contributed by atoms with Crippen LogP contribution < -0.4 is 5.32 Å². The van der Waals surface area contributed by atoms with E-state index in [9.17, 15) is 0 Å². The predicted octanol–water partition coefficient (Wildman–Crippen LogP) is 1.88. The van der Waals surface area contributed by atoms with Gasteiger partial charge in [0.05, 0.1) is 5.69 Å². The Labute approximate surface area is 108 Å². The molecule has 2 rings (SSSR count). The van der Waals surface area contributed by atoms with Crippen LogP contribution in [-0.2, 0) is 19.9 Å². The average molecular weight is 244 g/mol. The van der Waals surface area contributed by atoms with Gasteiger partial charge in [0, 0.05) is 38.1 Å². The first-order valence-electron chi connectivity index (χ1n) is 6.33. The molecule has 0 aromatic carbocycles. The van der Waals surface area contributed by atoms with E-state index in [0.717, 1.165) is 18.5 Å². The largest absolute Gasteiger partial charge is 0.313 e. The van der Waals surface area contributed by atoms with Crippen LogP contribution in [0.2, 0.25) is 0 Å². The van der Waals surface area contributed by atoms with E-state index in [1.165, 1.54) is 11.1 Å². The summed E-state index contributed by atoms with van der Waals surface area (Å²) in [6.07, 6.45) is 7.70. The van der Waals surface area contributed by atoms with E-state index in [1.54, 1.807) is 0 Å². The first-order valence-corrected chi connectivity index (χ1v) is 6.33. The van der Waals surface area contributed by atoms with E-state index < -0.39 is 0 Å². The summed E-state index contributed by atoms with van der Waals surface area (Å²) >= 11 is 0. The number of likely N-dealkylation sites (N-methyl/N-ethyl adjacent to an activating group) is 1. The van der Waals surface area contributed by atoms with Crippen LogP contribution in [-0.4, -0.2) is 21.8 Å². The zero-order valence-corrected chi connectivity index (χ0v) is 11.2. The monoisotopic (exact) mass is 244 g/mol. The lowest BCUT2D eigenvalue weighted by molar-refractivity contribution is 0.572. The van der Waals surface area contributed by atoms with Gasteiger partial charge in [-0.05, 0) is 36.7 Å². The molecule has 0 bridgehead atoms. The van der Waals surface area contributed by atoms with Gasteiger partial charge in [0.2, 0.25) is 0 Å². The van der Waals surface area contributed by atoms with Crippen LogP contribution in [0.3, 0.4) is 0 Å². The van der Waals surface area contributed by atoms with Crippen LogP contribution in [0.15, 0.2) is 30.7 Å². The molecule has 1 unspecified atom stereocenters. The maximum atomic E-state index is 4.44. The highest BCUT2D eigenvalue weighted by Crippen LogP contribution is 2.20. The van der Waals surface area contributed by atoms with Gasteiger partial charge in [0.25, 0.3) is 0 Å². The second kappa shape index (κ2) is 5.78. The van der Waals surface area contributed by atoms with Crippen LogP contribution >= 0.6 is 0 Å². The molecule has 18 heavy (non-hydrogen) atoms. The highest BCUT2D eigenvalue weighted by Gasteiger charge is 2.14. The minimum absolute atomic E-state index is 0.290. The standard InChI is InChI=1S/C14H20N4/c1-4-11-10-16-7-5-13(11)14(15-2)9-12-6-8-18(3)17-12/h5-8,10,14-15H,4,9H2,1-3H3. The Morgan fingerprint density at radius 2 is 2.22 bits per heavy atom. The normalized spacial score (nSPS) is 12.6. The number of aromatic nitrogens is 3. The van der Waals surface area contributed by atoms with E-state index in [4.69, 9.17) is 0 Å². The first-order chi connectivity index (χ1) is 8.74.